The van der Waals surface area contributed by atoms with Crippen LogP contribution in [0.2, 0.25) is 0 Å². The zero-order valence-electron chi connectivity index (χ0n) is 11.1. The van der Waals surface area contributed by atoms with Crippen molar-refractivity contribution >= 4 is 18.0 Å². The lowest BCUT2D eigenvalue weighted by Crippen LogP contribution is -2.48. The Bertz CT molecular complexity index is 456. The molecule has 1 unspecified atom stereocenters. The molecule has 0 aliphatic carbocycles. The first-order valence-corrected chi connectivity index (χ1v) is 6.51. The summed E-state index contributed by atoms with van der Waals surface area (Å²) in [5.41, 5.74) is 1.05. The van der Waals surface area contributed by atoms with Crippen LogP contribution in [-0.4, -0.2) is 43.4 Å². The van der Waals surface area contributed by atoms with E-state index in [1.54, 1.807) is 36.2 Å². The van der Waals surface area contributed by atoms with Crippen molar-refractivity contribution in [1.29, 1.82) is 0 Å². The molecule has 2 N–H and O–H groups in total. The summed E-state index contributed by atoms with van der Waals surface area (Å²) in [6.07, 6.45) is 2.83. The van der Waals surface area contributed by atoms with Gasteiger partial charge in [0.1, 0.15) is 0 Å². The number of nitrogens with one attached hydrogen (secondary N) is 2. The highest BCUT2D eigenvalue weighted by molar-refractivity contribution is 5.95. The Labute approximate surface area is 113 Å². The lowest BCUT2D eigenvalue weighted by Gasteiger charge is -2.31. The number of likely N-dealkylation sites (N-methyl/N-ethyl adjacent to an activating group) is 1. The van der Waals surface area contributed by atoms with Crippen molar-refractivity contribution in [2.24, 2.45) is 0 Å². The second-order valence-electron chi connectivity index (χ2n) is 4.75. The SMILES string of the molecule is CN(C(=O)Nc1ccccc1C=O)C1CCCNC1. The lowest BCUT2D eigenvalue weighted by molar-refractivity contribution is 0.112. The van der Waals surface area contributed by atoms with Gasteiger partial charge in [0, 0.05) is 25.2 Å². The van der Waals surface area contributed by atoms with E-state index in [9.17, 15) is 9.59 Å². The molecule has 0 aromatic heterocycles. The molecule has 5 nitrogen and oxygen atoms in total. The number of piperidine rings is 1. The lowest BCUT2D eigenvalue weighted by atomic mass is 10.1. The average Bonchev–Trinajstić information content (AvgIpc) is 2.48. The Balaban J connectivity index is 2.01. The summed E-state index contributed by atoms with van der Waals surface area (Å²) in [5, 5.41) is 6.07. The number of carbonyl (C=O) groups is 2. The van der Waals surface area contributed by atoms with Crippen LogP contribution in [0.5, 0.6) is 0 Å². The first-order valence-electron chi connectivity index (χ1n) is 6.51. The summed E-state index contributed by atoms with van der Waals surface area (Å²) in [6.45, 7) is 1.83. The molecule has 1 atom stereocenters. The second-order valence-corrected chi connectivity index (χ2v) is 4.75. The third-order valence-electron chi connectivity index (χ3n) is 3.47. The van der Waals surface area contributed by atoms with Crippen LogP contribution in [0.1, 0.15) is 23.2 Å². The topological polar surface area (TPSA) is 61.4 Å². The molecule has 0 radical (unpaired) electrons. The molecule has 19 heavy (non-hydrogen) atoms. The van der Waals surface area contributed by atoms with Crippen molar-refractivity contribution in [3.63, 3.8) is 0 Å². The highest BCUT2D eigenvalue weighted by Gasteiger charge is 2.22. The zero-order chi connectivity index (χ0) is 13.7. The molecular formula is C14H19N3O2. The molecule has 102 valence electrons. The maximum atomic E-state index is 12.2. The fraction of sp³-hybridized carbons (Fsp3) is 0.429. The maximum Gasteiger partial charge on any atom is 0.321 e. The van der Waals surface area contributed by atoms with Crippen molar-refractivity contribution < 1.29 is 9.59 Å². The third-order valence-corrected chi connectivity index (χ3v) is 3.47. The molecule has 1 fully saturated rings. The van der Waals surface area contributed by atoms with Crippen LogP contribution in [0.25, 0.3) is 0 Å². The first-order chi connectivity index (χ1) is 9.22. The van der Waals surface area contributed by atoms with E-state index < -0.39 is 0 Å². The molecule has 2 rings (SSSR count). The van der Waals surface area contributed by atoms with Gasteiger partial charge in [0.05, 0.1) is 5.69 Å². The molecular weight excluding hydrogens is 242 g/mol. The van der Waals surface area contributed by atoms with Crippen LogP contribution in [0, 0.1) is 0 Å². The zero-order valence-corrected chi connectivity index (χ0v) is 11.1. The number of nitrogens with zero attached hydrogens (tertiary/aromatic N) is 1. The molecule has 1 aliphatic heterocycles. The number of amides is 2. The maximum absolute atomic E-state index is 12.2. The van der Waals surface area contributed by atoms with Gasteiger partial charge in [0.25, 0.3) is 0 Å². The number of benzene rings is 1. The number of hydrogen-bond acceptors (Lipinski definition) is 3. The van der Waals surface area contributed by atoms with Crippen molar-refractivity contribution in [3.05, 3.63) is 29.8 Å². The molecule has 1 saturated heterocycles. The molecule has 0 spiro atoms. The Morgan fingerprint density at radius 1 is 1.47 bits per heavy atom. The van der Waals surface area contributed by atoms with E-state index in [0.717, 1.165) is 32.2 Å². The standard InChI is InChI=1S/C14H19N3O2/c1-17(12-6-4-8-15-9-12)14(19)16-13-7-3-2-5-11(13)10-18/h2-3,5,7,10,12,15H,4,6,8-9H2,1H3,(H,16,19). The van der Waals surface area contributed by atoms with Gasteiger partial charge in [-0.2, -0.15) is 0 Å². The summed E-state index contributed by atoms with van der Waals surface area (Å²) < 4.78 is 0. The Hall–Kier alpha value is -1.88. The third kappa shape index (κ3) is 3.32. The van der Waals surface area contributed by atoms with Crippen LogP contribution in [0.15, 0.2) is 24.3 Å². The number of carbonyl (C=O) groups excluding carboxylic acids is 2. The smallest absolute Gasteiger partial charge is 0.321 e. The molecule has 1 aliphatic rings. The van der Waals surface area contributed by atoms with Crippen LogP contribution in [-0.2, 0) is 0 Å². The van der Waals surface area contributed by atoms with Gasteiger partial charge in [0.2, 0.25) is 0 Å². The van der Waals surface area contributed by atoms with Gasteiger partial charge < -0.3 is 15.5 Å². The number of hydrogen-bond donors (Lipinski definition) is 2. The normalized spacial score (nSPS) is 18.7. The van der Waals surface area contributed by atoms with E-state index in [1.807, 2.05) is 0 Å². The van der Waals surface area contributed by atoms with Gasteiger partial charge in [0.15, 0.2) is 6.29 Å². The Morgan fingerprint density at radius 3 is 2.95 bits per heavy atom. The Kier molecular flexibility index (Phi) is 4.52. The van der Waals surface area contributed by atoms with Crippen molar-refractivity contribution in [2.45, 2.75) is 18.9 Å². The number of aldehydes is 1. The minimum absolute atomic E-state index is 0.178. The minimum atomic E-state index is -0.178. The quantitative estimate of drug-likeness (QED) is 0.814. The number of para-hydroxylation sites is 1. The fourth-order valence-electron chi connectivity index (χ4n) is 2.25. The average molecular weight is 261 g/mol. The van der Waals surface area contributed by atoms with Gasteiger partial charge in [-0.1, -0.05) is 12.1 Å². The van der Waals surface area contributed by atoms with E-state index >= 15 is 0 Å². The van der Waals surface area contributed by atoms with Crippen molar-refractivity contribution in [3.8, 4) is 0 Å². The summed E-state index contributed by atoms with van der Waals surface area (Å²) in [5.74, 6) is 0. The van der Waals surface area contributed by atoms with Gasteiger partial charge in [-0.05, 0) is 31.5 Å². The first kappa shape index (κ1) is 13.5. The van der Waals surface area contributed by atoms with Crippen LogP contribution in [0.4, 0.5) is 10.5 Å². The van der Waals surface area contributed by atoms with Crippen LogP contribution >= 0.6 is 0 Å². The number of rotatable bonds is 3. The molecule has 1 heterocycles. The molecule has 0 bridgehead atoms. The molecule has 1 aromatic rings. The monoisotopic (exact) mass is 261 g/mol. The van der Waals surface area contributed by atoms with Gasteiger partial charge in [-0.3, -0.25) is 4.79 Å². The van der Waals surface area contributed by atoms with E-state index in [4.69, 9.17) is 0 Å². The van der Waals surface area contributed by atoms with E-state index in [0.29, 0.717) is 11.3 Å². The van der Waals surface area contributed by atoms with Crippen LogP contribution < -0.4 is 10.6 Å². The molecule has 5 heteroatoms. The highest BCUT2D eigenvalue weighted by Crippen LogP contribution is 2.15. The summed E-state index contributed by atoms with van der Waals surface area (Å²) in [6, 6.07) is 7.01. The van der Waals surface area contributed by atoms with E-state index in [2.05, 4.69) is 10.6 Å². The second kappa shape index (κ2) is 6.33. The van der Waals surface area contributed by atoms with Gasteiger partial charge in [-0.15, -0.1) is 0 Å². The summed E-state index contributed by atoms with van der Waals surface area (Å²) in [4.78, 5) is 24.8. The van der Waals surface area contributed by atoms with Gasteiger partial charge in [-0.25, -0.2) is 4.79 Å². The molecule has 0 saturated carbocycles. The summed E-state index contributed by atoms with van der Waals surface area (Å²) in [7, 11) is 1.79. The van der Waals surface area contributed by atoms with Gasteiger partial charge >= 0.3 is 6.03 Å². The predicted molar refractivity (Wildman–Crippen MR) is 74.5 cm³/mol. The molecule has 1 aromatic carbocycles. The van der Waals surface area contributed by atoms with Crippen molar-refractivity contribution in [1.82, 2.24) is 10.2 Å². The summed E-state index contributed by atoms with van der Waals surface area (Å²) >= 11 is 0. The molecule has 2 amide bonds. The minimum Gasteiger partial charge on any atom is -0.323 e. The van der Waals surface area contributed by atoms with E-state index in [1.165, 1.54) is 0 Å². The highest BCUT2D eigenvalue weighted by atomic mass is 16.2. The Morgan fingerprint density at radius 2 is 2.26 bits per heavy atom. The van der Waals surface area contributed by atoms with Crippen LogP contribution in [0.3, 0.4) is 0 Å². The number of anilines is 1. The van der Waals surface area contributed by atoms with Crippen molar-refractivity contribution in [2.75, 3.05) is 25.5 Å². The predicted octanol–water partition coefficient (Wildman–Crippen LogP) is 1.71. The number of urea groups is 1. The largest absolute Gasteiger partial charge is 0.323 e. The van der Waals surface area contributed by atoms with E-state index in [-0.39, 0.29) is 12.1 Å². The fourth-order valence-corrected chi connectivity index (χ4v) is 2.25.